The predicted octanol–water partition coefficient (Wildman–Crippen LogP) is 4.39. The van der Waals surface area contributed by atoms with Crippen molar-refractivity contribution in [2.75, 3.05) is 11.4 Å². The summed E-state index contributed by atoms with van der Waals surface area (Å²) in [5.74, 6) is -0.739. The van der Waals surface area contributed by atoms with E-state index < -0.39 is 12.0 Å². The van der Waals surface area contributed by atoms with Gasteiger partial charge in [-0.1, -0.05) is 42.0 Å². The van der Waals surface area contributed by atoms with Crippen LogP contribution in [0.5, 0.6) is 0 Å². The minimum Gasteiger partial charge on any atom is -0.548 e. The molecule has 6 rings (SSSR count). The summed E-state index contributed by atoms with van der Waals surface area (Å²) in [7, 11) is 0. The van der Waals surface area contributed by atoms with Crippen molar-refractivity contribution in [3.8, 4) is 0 Å². The van der Waals surface area contributed by atoms with Crippen molar-refractivity contribution in [3.05, 3.63) is 75.4 Å². The van der Waals surface area contributed by atoms with Gasteiger partial charge in [-0.25, -0.2) is 0 Å². The highest BCUT2D eigenvalue weighted by molar-refractivity contribution is 8.00. The summed E-state index contributed by atoms with van der Waals surface area (Å²) in [6, 6.07) is 10.3. The molecule has 0 saturated heterocycles. The molecular weight excluding hydrogens is 472 g/mol. The maximum atomic E-state index is 12.6. The molecule has 176 valence electrons. The van der Waals surface area contributed by atoms with E-state index in [9.17, 15) is 20.0 Å². The Morgan fingerprint density at radius 3 is 2.76 bits per heavy atom. The standard InChI is InChI=1S/C26H25ClN2O4S/c1-13-9-16-15-6-4-5-14(15)12-28-24(16)17(10-13)22-18(25(28)26(30)31)11-21(23(22)27)34-20-8-3-2-7-19(20)29(32)33/h2-4,6-10,14-15,18,21-23,25H,5,11-12H2,1H3,(H,30,31)/p-1/t14-,15+,18+,21+,22+,23+,25-/m1/s1. The lowest BCUT2D eigenvalue weighted by Gasteiger charge is -2.51. The van der Waals surface area contributed by atoms with Crippen molar-refractivity contribution >= 4 is 40.7 Å². The van der Waals surface area contributed by atoms with Crippen LogP contribution in [0.1, 0.15) is 41.4 Å². The first-order valence-corrected chi connectivity index (χ1v) is 13.0. The topological polar surface area (TPSA) is 86.5 Å². The quantitative estimate of drug-likeness (QED) is 0.270. The van der Waals surface area contributed by atoms with Crippen LogP contribution in [0.2, 0.25) is 0 Å². The number of aliphatic carboxylic acids is 1. The van der Waals surface area contributed by atoms with Gasteiger partial charge in [0.25, 0.3) is 5.69 Å². The van der Waals surface area contributed by atoms with Gasteiger partial charge >= 0.3 is 0 Å². The summed E-state index contributed by atoms with van der Waals surface area (Å²) in [5.41, 5.74) is 4.56. The van der Waals surface area contributed by atoms with Gasteiger partial charge in [-0.2, -0.15) is 0 Å². The number of para-hydroxylation sites is 1. The van der Waals surface area contributed by atoms with Crippen molar-refractivity contribution in [2.24, 2.45) is 11.8 Å². The average Bonchev–Trinajstić information content (AvgIpc) is 3.38. The molecule has 0 N–H and O–H groups in total. The van der Waals surface area contributed by atoms with Crippen molar-refractivity contribution in [2.45, 2.75) is 53.2 Å². The van der Waals surface area contributed by atoms with E-state index in [0.29, 0.717) is 29.7 Å². The Hall–Kier alpha value is -2.51. The summed E-state index contributed by atoms with van der Waals surface area (Å²) < 4.78 is 0. The molecule has 4 aliphatic rings. The van der Waals surface area contributed by atoms with Crippen LogP contribution < -0.4 is 10.0 Å². The fourth-order valence-electron chi connectivity index (χ4n) is 6.78. The summed E-state index contributed by atoms with van der Waals surface area (Å²) >= 11 is 8.52. The molecule has 2 aliphatic carbocycles. The van der Waals surface area contributed by atoms with E-state index >= 15 is 0 Å². The lowest BCUT2D eigenvalue weighted by atomic mass is 9.71. The molecule has 2 aliphatic heterocycles. The van der Waals surface area contributed by atoms with Crippen LogP contribution in [0.25, 0.3) is 0 Å². The van der Waals surface area contributed by atoms with E-state index in [2.05, 4.69) is 36.1 Å². The molecule has 0 unspecified atom stereocenters. The number of alkyl halides is 1. The number of halogens is 1. The highest BCUT2D eigenvalue weighted by atomic mass is 35.5. The second-order valence-corrected chi connectivity index (χ2v) is 11.7. The van der Waals surface area contributed by atoms with Gasteiger partial charge in [0.1, 0.15) is 0 Å². The Labute approximate surface area is 207 Å². The lowest BCUT2D eigenvalue weighted by Crippen LogP contribution is -2.58. The molecule has 1 fully saturated rings. The van der Waals surface area contributed by atoms with Crippen molar-refractivity contribution < 1.29 is 14.8 Å². The Morgan fingerprint density at radius 1 is 1.24 bits per heavy atom. The first-order chi connectivity index (χ1) is 16.3. The van der Waals surface area contributed by atoms with Gasteiger partial charge in [0.15, 0.2) is 0 Å². The number of carbonyl (C=O) groups excluding carboxylic acids is 1. The zero-order valence-corrected chi connectivity index (χ0v) is 20.2. The largest absolute Gasteiger partial charge is 0.548 e. The molecule has 0 aromatic heterocycles. The number of rotatable bonds is 4. The fourth-order valence-corrected chi connectivity index (χ4v) is 8.72. The average molecular weight is 496 g/mol. The number of hydrogen-bond donors (Lipinski definition) is 0. The monoisotopic (exact) mass is 495 g/mol. The summed E-state index contributed by atoms with van der Waals surface area (Å²) in [4.78, 5) is 26.4. The van der Waals surface area contributed by atoms with E-state index in [1.165, 1.54) is 23.4 Å². The molecule has 2 aromatic carbocycles. The zero-order chi connectivity index (χ0) is 23.7. The first kappa shape index (κ1) is 22.0. The first-order valence-electron chi connectivity index (χ1n) is 11.7. The van der Waals surface area contributed by atoms with Gasteiger partial charge in [-0.3, -0.25) is 10.1 Å². The molecule has 1 saturated carbocycles. The Kier molecular flexibility index (Phi) is 5.19. The summed E-state index contributed by atoms with van der Waals surface area (Å²) in [6.07, 6.45) is 5.99. The van der Waals surface area contributed by atoms with Gasteiger partial charge < -0.3 is 14.8 Å². The number of thioether (sulfide) groups is 1. The molecule has 2 heterocycles. The summed E-state index contributed by atoms with van der Waals surface area (Å²) in [6.45, 7) is 2.78. The Bertz CT molecular complexity index is 1230. The molecule has 34 heavy (non-hydrogen) atoms. The maximum Gasteiger partial charge on any atom is 0.282 e. The second-order valence-electron chi connectivity index (χ2n) is 9.91. The van der Waals surface area contributed by atoms with Gasteiger partial charge in [0.05, 0.1) is 27.2 Å². The second kappa shape index (κ2) is 8.02. The van der Waals surface area contributed by atoms with Crippen LogP contribution in [-0.4, -0.2) is 34.1 Å². The molecule has 0 bridgehead atoms. The van der Waals surface area contributed by atoms with Crippen molar-refractivity contribution in [1.82, 2.24) is 0 Å². The SMILES string of the molecule is Cc1cc2c3c(c1)[C@H]1C=CC[C@@H]1CN3[C@@H](C(=O)[O-])[C@H]1C[C@H](Sc3ccccc3[N+](=O)[O-])[C@H](Cl)[C@@H]21. The number of nitro groups is 1. The normalized spacial score (nSPS) is 32.8. The van der Waals surface area contributed by atoms with Crippen LogP contribution >= 0.6 is 23.4 Å². The third-order valence-corrected chi connectivity index (χ3v) is 10.1. The van der Waals surface area contributed by atoms with E-state index in [0.717, 1.165) is 23.2 Å². The van der Waals surface area contributed by atoms with Crippen LogP contribution in [-0.2, 0) is 4.79 Å². The molecule has 8 heteroatoms. The number of fused-ring (bicyclic) bond motifs is 4. The van der Waals surface area contributed by atoms with E-state index in [4.69, 9.17) is 11.6 Å². The van der Waals surface area contributed by atoms with E-state index in [1.54, 1.807) is 18.2 Å². The Balaban J connectivity index is 1.45. The van der Waals surface area contributed by atoms with Gasteiger partial charge in [-0.15, -0.1) is 23.4 Å². The number of anilines is 1. The smallest absolute Gasteiger partial charge is 0.282 e. The minimum absolute atomic E-state index is 0.0559. The molecule has 0 spiro atoms. The van der Waals surface area contributed by atoms with Crippen LogP contribution in [0.3, 0.4) is 0 Å². The van der Waals surface area contributed by atoms with Gasteiger partial charge in [-0.05, 0) is 48.8 Å². The van der Waals surface area contributed by atoms with Crippen molar-refractivity contribution in [3.63, 3.8) is 0 Å². The number of nitro benzene ring substituents is 1. The van der Waals surface area contributed by atoms with Crippen molar-refractivity contribution in [1.29, 1.82) is 0 Å². The number of carboxylic acid groups (broad SMARTS) is 1. The molecule has 7 atom stereocenters. The number of allylic oxidation sites excluding steroid dienone is 2. The summed E-state index contributed by atoms with van der Waals surface area (Å²) in [5, 5.41) is 23.6. The maximum absolute atomic E-state index is 12.6. The Morgan fingerprint density at radius 2 is 2.00 bits per heavy atom. The lowest BCUT2D eigenvalue weighted by molar-refractivity contribution is -0.387. The highest BCUT2D eigenvalue weighted by Gasteiger charge is 2.55. The number of carbonyl (C=O) groups is 1. The van der Waals surface area contributed by atoms with Crippen LogP contribution in [0, 0.1) is 28.9 Å². The van der Waals surface area contributed by atoms with Gasteiger partial charge in [0, 0.05) is 35.4 Å². The van der Waals surface area contributed by atoms with E-state index in [1.807, 2.05) is 0 Å². The van der Waals surface area contributed by atoms with Gasteiger partial charge in [0.2, 0.25) is 0 Å². The molecular formula is C26H24ClN2O4S-. The highest BCUT2D eigenvalue weighted by Crippen LogP contribution is 2.60. The number of carboxylic acids is 1. The third kappa shape index (κ3) is 3.20. The number of aryl methyl sites for hydroxylation is 1. The number of hydrogen-bond acceptors (Lipinski definition) is 6. The van der Waals surface area contributed by atoms with E-state index in [-0.39, 0.29) is 33.1 Å². The number of nitrogens with zero attached hydrogens (tertiary/aromatic N) is 2. The molecule has 0 radical (unpaired) electrons. The molecule has 0 amide bonds. The van der Waals surface area contributed by atoms with Crippen LogP contribution in [0.4, 0.5) is 11.4 Å². The molecule has 6 nitrogen and oxygen atoms in total. The number of benzene rings is 2. The molecule has 2 aromatic rings. The third-order valence-electron chi connectivity index (χ3n) is 8.03. The fraction of sp³-hybridized carbons (Fsp3) is 0.423. The van der Waals surface area contributed by atoms with Crippen LogP contribution in [0.15, 0.2) is 53.4 Å². The minimum atomic E-state index is -1.06. The zero-order valence-electron chi connectivity index (χ0n) is 18.6. The predicted molar refractivity (Wildman–Crippen MR) is 131 cm³/mol.